The Balaban J connectivity index is 1.65. The zero-order valence-corrected chi connectivity index (χ0v) is 20.3. The van der Waals surface area contributed by atoms with Crippen LogP contribution in [0.3, 0.4) is 0 Å². The molecule has 2 aromatic heterocycles. The van der Waals surface area contributed by atoms with Crippen LogP contribution in [0.5, 0.6) is 5.75 Å². The zero-order chi connectivity index (χ0) is 25.6. The van der Waals surface area contributed by atoms with Gasteiger partial charge in [0.05, 0.1) is 32.0 Å². The number of amides is 1. The van der Waals surface area contributed by atoms with Gasteiger partial charge in [-0.2, -0.15) is 5.26 Å². The van der Waals surface area contributed by atoms with Gasteiger partial charge in [0.25, 0.3) is 0 Å². The van der Waals surface area contributed by atoms with E-state index in [1.54, 1.807) is 13.4 Å². The molecular formula is C31H25N3O3. The molecule has 0 bridgehead atoms. The number of nitriles is 1. The van der Waals surface area contributed by atoms with Gasteiger partial charge in [0, 0.05) is 5.56 Å². The van der Waals surface area contributed by atoms with Crippen molar-refractivity contribution >= 4 is 11.7 Å². The highest BCUT2D eigenvalue weighted by atomic mass is 16.5. The molecule has 0 unspecified atom stereocenters. The van der Waals surface area contributed by atoms with E-state index in [2.05, 4.69) is 11.4 Å². The summed E-state index contributed by atoms with van der Waals surface area (Å²) in [5, 5.41) is 13.4. The van der Waals surface area contributed by atoms with Gasteiger partial charge in [-0.25, -0.2) is 0 Å². The lowest BCUT2D eigenvalue weighted by atomic mass is 9.98. The second-order valence-electron chi connectivity index (χ2n) is 8.53. The summed E-state index contributed by atoms with van der Waals surface area (Å²) in [6.45, 7) is 0.344. The van der Waals surface area contributed by atoms with Gasteiger partial charge in [-0.1, -0.05) is 72.8 Å². The maximum Gasteiger partial charge on any atom is 0.229 e. The fourth-order valence-corrected chi connectivity index (χ4v) is 4.46. The molecule has 182 valence electrons. The van der Waals surface area contributed by atoms with E-state index in [-0.39, 0.29) is 12.3 Å². The summed E-state index contributed by atoms with van der Waals surface area (Å²) in [6.07, 6.45) is 1.77. The van der Waals surface area contributed by atoms with Gasteiger partial charge >= 0.3 is 0 Å². The normalized spacial score (nSPS) is 10.6. The zero-order valence-electron chi connectivity index (χ0n) is 20.3. The molecule has 0 fully saturated rings. The van der Waals surface area contributed by atoms with Gasteiger partial charge in [-0.05, 0) is 41.0 Å². The number of ether oxygens (including phenoxy) is 1. The summed E-state index contributed by atoms with van der Waals surface area (Å²) in [7, 11) is 1.60. The minimum absolute atomic E-state index is 0.155. The van der Waals surface area contributed by atoms with E-state index >= 15 is 0 Å². The number of hydrogen-bond donors (Lipinski definition) is 1. The standard InChI is InChI=1S/C31H25N3O3/c1-36-25-16-14-22(15-17-25)19-28(35)33-31-27(20-32)29(23-9-4-2-5-10-23)30(24-11-6-3-7-12-24)34(31)21-26-13-8-18-37-26/h2-18H,19,21H2,1H3,(H,33,35). The molecule has 0 saturated carbocycles. The topological polar surface area (TPSA) is 80.2 Å². The Morgan fingerprint density at radius 2 is 1.59 bits per heavy atom. The van der Waals surface area contributed by atoms with Crippen molar-refractivity contribution < 1.29 is 13.9 Å². The summed E-state index contributed by atoms with van der Waals surface area (Å²) in [5.74, 6) is 1.65. The molecule has 37 heavy (non-hydrogen) atoms. The Bertz CT molecular complexity index is 1530. The van der Waals surface area contributed by atoms with Crippen molar-refractivity contribution in [3.8, 4) is 34.2 Å². The van der Waals surface area contributed by atoms with Crippen molar-refractivity contribution in [1.82, 2.24) is 4.57 Å². The van der Waals surface area contributed by atoms with Crippen LogP contribution in [0.25, 0.3) is 22.4 Å². The van der Waals surface area contributed by atoms with E-state index in [0.717, 1.165) is 33.7 Å². The number of hydrogen-bond acceptors (Lipinski definition) is 4. The number of nitrogens with one attached hydrogen (secondary N) is 1. The maximum atomic E-state index is 13.3. The lowest BCUT2D eigenvalue weighted by Gasteiger charge is -2.14. The van der Waals surface area contributed by atoms with Gasteiger partial charge in [-0.15, -0.1) is 0 Å². The second kappa shape index (κ2) is 10.7. The number of aromatic nitrogens is 1. The second-order valence-corrected chi connectivity index (χ2v) is 8.53. The van der Waals surface area contributed by atoms with Gasteiger partial charge in [0.1, 0.15) is 29.0 Å². The van der Waals surface area contributed by atoms with E-state index in [0.29, 0.717) is 23.7 Å². The Kier molecular flexibility index (Phi) is 6.87. The molecular weight excluding hydrogens is 462 g/mol. The molecule has 6 nitrogen and oxygen atoms in total. The predicted molar refractivity (Wildman–Crippen MR) is 143 cm³/mol. The van der Waals surface area contributed by atoms with Crippen LogP contribution in [0, 0.1) is 11.3 Å². The molecule has 0 saturated heterocycles. The number of methoxy groups -OCH3 is 1. The van der Waals surface area contributed by atoms with Crippen LogP contribution in [0.1, 0.15) is 16.9 Å². The summed E-state index contributed by atoms with van der Waals surface area (Å²) in [6, 6.07) is 33.1. The summed E-state index contributed by atoms with van der Waals surface area (Å²) in [5.41, 5.74) is 4.66. The highest BCUT2D eigenvalue weighted by Crippen LogP contribution is 2.42. The van der Waals surface area contributed by atoms with Crippen molar-refractivity contribution in [3.63, 3.8) is 0 Å². The number of rotatable bonds is 8. The molecule has 0 spiro atoms. The van der Waals surface area contributed by atoms with Crippen LogP contribution in [0.15, 0.2) is 108 Å². The minimum Gasteiger partial charge on any atom is -0.497 e. The average Bonchev–Trinajstić information content (AvgIpc) is 3.56. The first-order valence-electron chi connectivity index (χ1n) is 11.9. The molecule has 6 heteroatoms. The van der Waals surface area contributed by atoms with Crippen LogP contribution < -0.4 is 10.1 Å². The van der Waals surface area contributed by atoms with E-state index in [4.69, 9.17) is 9.15 Å². The number of benzene rings is 3. The number of furan rings is 1. The Hall–Kier alpha value is -5.02. The molecule has 2 heterocycles. The summed E-state index contributed by atoms with van der Waals surface area (Å²) in [4.78, 5) is 13.3. The van der Waals surface area contributed by atoms with Gasteiger partial charge in [0.2, 0.25) is 5.91 Å². The first-order valence-corrected chi connectivity index (χ1v) is 11.9. The van der Waals surface area contributed by atoms with Crippen molar-refractivity contribution in [1.29, 1.82) is 5.26 Å². The highest BCUT2D eigenvalue weighted by Gasteiger charge is 2.27. The fraction of sp³-hybridized carbons (Fsp3) is 0.0968. The number of anilines is 1. The van der Waals surface area contributed by atoms with E-state index in [1.807, 2.05) is 102 Å². The number of nitrogens with zero attached hydrogens (tertiary/aromatic N) is 2. The quantitative estimate of drug-likeness (QED) is 0.270. The number of carbonyl (C=O) groups excluding carboxylic acids is 1. The minimum atomic E-state index is -0.223. The lowest BCUT2D eigenvalue weighted by molar-refractivity contribution is -0.115. The van der Waals surface area contributed by atoms with Gasteiger partial charge < -0.3 is 19.0 Å². The number of carbonyl (C=O) groups is 1. The van der Waals surface area contributed by atoms with Crippen molar-refractivity contribution in [2.45, 2.75) is 13.0 Å². The predicted octanol–water partition coefficient (Wildman–Crippen LogP) is 6.52. The molecule has 1 N–H and O–H groups in total. The monoisotopic (exact) mass is 487 g/mol. The molecule has 3 aromatic carbocycles. The van der Waals surface area contributed by atoms with Gasteiger partial charge in [0.15, 0.2) is 0 Å². The molecule has 0 radical (unpaired) electrons. The smallest absolute Gasteiger partial charge is 0.229 e. The maximum absolute atomic E-state index is 13.3. The van der Waals surface area contributed by atoms with Crippen molar-refractivity contribution in [3.05, 3.63) is 120 Å². The molecule has 5 rings (SSSR count). The van der Waals surface area contributed by atoms with E-state index in [9.17, 15) is 10.1 Å². The first-order chi connectivity index (χ1) is 18.2. The Morgan fingerprint density at radius 1 is 0.919 bits per heavy atom. The summed E-state index contributed by atoms with van der Waals surface area (Å²) >= 11 is 0. The van der Waals surface area contributed by atoms with Crippen LogP contribution in [0.4, 0.5) is 5.82 Å². The third-order valence-corrected chi connectivity index (χ3v) is 6.16. The first kappa shape index (κ1) is 23.7. The van der Waals surface area contributed by atoms with Crippen molar-refractivity contribution in [2.24, 2.45) is 0 Å². The van der Waals surface area contributed by atoms with Gasteiger partial charge in [-0.3, -0.25) is 4.79 Å². The van der Waals surface area contributed by atoms with Crippen LogP contribution in [-0.2, 0) is 17.8 Å². The highest BCUT2D eigenvalue weighted by molar-refractivity contribution is 5.98. The molecule has 5 aromatic rings. The van der Waals surface area contributed by atoms with Crippen LogP contribution >= 0.6 is 0 Å². The van der Waals surface area contributed by atoms with E-state index < -0.39 is 0 Å². The Morgan fingerprint density at radius 3 is 2.19 bits per heavy atom. The fourth-order valence-electron chi connectivity index (χ4n) is 4.46. The molecule has 0 atom stereocenters. The SMILES string of the molecule is COc1ccc(CC(=O)Nc2c(C#N)c(-c3ccccc3)c(-c3ccccc3)n2Cc2ccco2)cc1. The largest absolute Gasteiger partial charge is 0.497 e. The molecule has 0 aliphatic rings. The van der Waals surface area contributed by atoms with Crippen LogP contribution in [0.2, 0.25) is 0 Å². The molecule has 0 aliphatic carbocycles. The Labute approximate surface area is 215 Å². The van der Waals surface area contributed by atoms with E-state index in [1.165, 1.54) is 0 Å². The molecule has 1 amide bonds. The molecule has 0 aliphatic heterocycles. The van der Waals surface area contributed by atoms with Crippen LogP contribution in [-0.4, -0.2) is 17.6 Å². The third-order valence-electron chi connectivity index (χ3n) is 6.16. The lowest BCUT2D eigenvalue weighted by Crippen LogP contribution is -2.18. The summed E-state index contributed by atoms with van der Waals surface area (Å²) < 4.78 is 12.8. The third kappa shape index (κ3) is 5.02. The van der Waals surface area contributed by atoms with Crippen molar-refractivity contribution in [2.75, 3.05) is 12.4 Å². The average molecular weight is 488 g/mol.